The molecule has 0 amide bonds. The van der Waals surface area contributed by atoms with Gasteiger partial charge in [-0.1, -0.05) is 6.07 Å². The van der Waals surface area contributed by atoms with Crippen LogP contribution in [0.15, 0.2) is 52.7 Å². The van der Waals surface area contributed by atoms with E-state index in [0.717, 1.165) is 0 Å². The van der Waals surface area contributed by atoms with E-state index >= 15 is 0 Å². The Morgan fingerprint density at radius 3 is 1.73 bits per heavy atom. The fourth-order valence-corrected chi connectivity index (χ4v) is 3.84. The second-order valence-electron chi connectivity index (χ2n) is 6.88. The van der Waals surface area contributed by atoms with E-state index in [1.807, 2.05) is 0 Å². The average Bonchev–Trinajstić information content (AvgIpc) is 2.75. The second-order valence-corrected chi connectivity index (χ2v) is 10.0. The van der Waals surface area contributed by atoms with Crippen molar-refractivity contribution in [1.29, 1.82) is 0 Å². The van der Waals surface area contributed by atoms with Crippen molar-refractivity contribution in [2.75, 3.05) is 29.5 Å². The first-order valence-corrected chi connectivity index (χ1v) is 12.8. The number of hydrogen-bond donors (Lipinski definition) is 2. The van der Waals surface area contributed by atoms with E-state index in [4.69, 9.17) is 22.2 Å². The molecular formula is C20H21N5O6S2. The summed E-state index contributed by atoms with van der Waals surface area (Å²) in [6.45, 7) is 14.6. The van der Waals surface area contributed by atoms with Crippen LogP contribution in [0.2, 0.25) is 0 Å². The summed E-state index contributed by atoms with van der Waals surface area (Å²) in [5, 5.41) is 8.16. The highest BCUT2D eigenvalue weighted by Gasteiger charge is 2.12. The molecule has 0 aliphatic carbocycles. The molecule has 0 atom stereocenters. The van der Waals surface area contributed by atoms with E-state index in [1.54, 1.807) is 35.2 Å². The highest BCUT2D eigenvalue weighted by Crippen LogP contribution is 2.33. The van der Waals surface area contributed by atoms with Gasteiger partial charge in [-0.3, -0.25) is 18.8 Å². The van der Waals surface area contributed by atoms with Gasteiger partial charge < -0.3 is 4.90 Å². The Balaban J connectivity index is 2.13. The van der Waals surface area contributed by atoms with Gasteiger partial charge in [-0.2, -0.15) is 27.1 Å². The fourth-order valence-electron chi connectivity index (χ4n) is 2.85. The van der Waals surface area contributed by atoms with E-state index in [-0.39, 0.29) is 37.3 Å². The summed E-state index contributed by atoms with van der Waals surface area (Å²) in [4.78, 5) is 8.29. The lowest BCUT2D eigenvalue weighted by Crippen LogP contribution is -2.28. The van der Waals surface area contributed by atoms with Gasteiger partial charge in [0.25, 0.3) is 20.2 Å². The predicted molar refractivity (Wildman–Crippen MR) is 124 cm³/mol. The van der Waals surface area contributed by atoms with E-state index in [1.165, 1.54) is 12.1 Å². The van der Waals surface area contributed by atoms with Crippen LogP contribution in [-0.2, 0) is 20.2 Å². The molecule has 0 aliphatic heterocycles. The number of benzene rings is 2. The molecule has 0 saturated carbocycles. The fraction of sp³-hybridized carbons (Fsp3) is 0.300. The predicted octanol–water partition coefficient (Wildman–Crippen LogP) is 4.57. The molecule has 2 aromatic carbocycles. The minimum Gasteiger partial charge on any atom is -0.371 e. The minimum absolute atomic E-state index is 0.121. The summed E-state index contributed by atoms with van der Waals surface area (Å²) in [6, 6.07) is 11.2. The highest BCUT2D eigenvalue weighted by molar-refractivity contribution is 7.86. The molecule has 0 fully saturated rings. The first kappa shape index (κ1) is 25.9. The normalized spacial score (nSPS) is 11.8. The van der Waals surface area contributed by atoms with Crippen LogP contribution in [0.1, 0.15) is 12.8 Å². The maximum absolute atomic E-state index is 11.0. The lowest BCUT2D eigenvalue weighted by Gasteiger charge is -2.24. The van der Waals surface area contributed by atoms with Gasteiger partial charge in [0.1, 0.15) is 0 Å². The zero-order valence-electron chi connectivity index (χ0n) is 17.4. The molecule has 174 valence electrons. The molecular weight excluding hydrogens is 470 g/mol. The lowest BCUT2D eigenvalue weighted by atomic mass is 10.2. The standard InChI is InChI=1S/C20H21N5O6S2/c1-21-19-10-7-17(15-20(19)22-2)24-23-16-5-8-18(9-6-16)25(11-3-13-32(26,27)28)12-4-14-33(29,30)31/h5-10,15H,3-4,11-14H2,(H,26,27,28)(H,29,30,31). The van der Waals surface area contributed by atoms with E-state index in [9.17, 15) is 16.8 Å². The molecule has 2 aromatic rings. The van der Waals surface area contributed by atoms with E-state index in [2.05, 4.69) is 19.9 Å². The van der Waals surface area contributed by atoms with Gasteiger partial charge in [-0.25, -0.2) is 0 Å². The van der Waals surface area contributed by atoms with Gasteiger partial charge in [-0.15, -0.1) is 0 Å². The Kier molecular flexibility index (Phi) is 9.02. The number of hydrogen-bond acceptors (Lipinski definition) is 7. The molecule has 0 unspecified atom stereocenters. The first-order valence-electron chi connectivity index (χ1n) is 9.57. The van der Waals surface area contributed by atoms with Crippen molar-refractivity contribution in [3.8, 4) is 0 Å². The Labute approximate surface area is 192 Å². The molecule has 0 heterocycles. The van der Waals surface area contributed by atoms with E-state index in [0.29, 0.717) is 17.1 Å². The van der Waals surface area contributed by atoms with Crippen LogP contribution >= 0.6 is 0 Å². The van der Waals surface area contributed by atoms with Gasteiger partial charge >= 0.3 is 0 Å². The first-order chi connectivity index (χ1) is 15.5. The zero-order valence-corrected chi connectivity index (χ0v) is 19.0. The molecule has 2 rings (SSSR count). The topological polar surface area (TPSA) is 145 Å². The Morgan fingerprint density at radius 2 is 1.24 bits per heavy atom. The van der Waals surface area contributed by atoms with Gasteiger partial charge in [0.15, 0.2) is 11.4 Å². The van der Waals surface area contributed by atoms with Gasteiger partial charge in [0.05, 0.1) is 36.0 Å². The largest absolute Gasteiger partial charge is 0.371 e. The van der Waals surface area contributed by atoms with Gasteiger partial charge in [0, 0.05) is 18.8 Å². The number of nitrogens with zero attached hydrogens (tertiary/aromatic N) is 5. The summed E-state index contributed by atoms with van der Waals surface area (Å²) >= 11 is 0. The van der Waals surface area contributed by atoms with Crippen LogP contribution in [0.5, 0.6) is 0 Å². The molecule has 0 spiro atoms. The smallest absolute Gasteiger partial charge is 0.264 e. The molecule has 11 nitrogen and oxygen atoms in total. The molecule has 2 N–H and O–H groups in total. The highest BCUT2D eigenvalue weighted by atomic mass is 32.2. The maximum Gasteiger partial charge on any atom is 0.264 e. The molecule has 0 aliphatic rings. The minimum atomic E-state index is -4.12. The van der Waals surface area contributed by atoms with Crippen LogP contribution in [-0.4, -0.2) is 50.5 Å². The monoisotopic (exact) mass is 491 g/mol. The molecule has 0 radical (unpaired) electrons. The van der Waals surface area contributed by atoms with Crippen molar-refractivity contribution in [3.63, 3.8) is 0 Å². The third kappa shape index (κ3) is 9.34. The van der Waals surface area contributed by atoms with Crippen molar-refractivity contribution in [3.05, 3.63) is 65.3 Å². The summed E-state index contributed by atoms with van der Waals surface area (Å²) < 4.78 is 61.7. The number of rotatable bonds is 11. The van der Waals surface area contributed by atoms with Gasteiger partial charge in [0.2, 0.25) is 0 Å². The maximum atomic E-state index is 11.0. The third-order valence-corrected chi connectivity index (χ3v) is 5.97. The molecule has 0 saturated heterocycles. The number of anilines is 1. The Bertz CT molecular complexity index is 1260. The van der Waals surface area contributed by atoms with Crippen LogP contribution in [0, 0.1) is 13.1 Å². The Morgan fingerprint density at radius 1 is 0.758 bits per heavy atom. The van der Waals surface area contributed by atoms with Crippen molar-refractivity contribution in [1.82, 2.24) is 0 Å². The quantitative estimate of drug-likeness (QED) is 0.266. The van der Waals surface area contributed by atoms with Gasteiger partial charge in [-0.05, 0) is 49.2 Å². The SMILES string of the molecule is [C-]#[N+]c1ccc(N=Nc2ccc(N(CCCS(=O)(=O)O)CCCS(=O)(=O)O)cc2)cc1[N+]#[C-]. The lowest BCUT2D eigenvalue weighted by molar-refractivity contribution is 0.480. The van der Waals surface area contributed by atoms with Crippen LogP contribution < -0.4 is 4.90 Å². The zero-order chi connectivity index (χ0) is 24.5. The van der Waals surface area contributed by atoms with Crippen molar-refractivity contribution < 1.29 is 25.9 Å². The third-order valence-electron chi connectivity index (χ3n) is 4.36. The van der Waals surface area contributed by atoms with E-state index < -0.39 is 31.7 Å². The van der Waals surface area contributed by atoms with Crippen molar-refractivity contribution in [2.24, 2.45) is 10.2 Å². The summed E-state index contributed by atoms with van der Waals surface area (Å²) in [5.41, 5.74) is 1.98. The molecule has 0 aromatic heterocycles. The van der Waals surface area contributed by atoms with Crippen molar-refractivity contribution >= 4 is 48.7 Å². The molecule has 0 bridgehead atoms. The second kappa shape index (κ2) is 11.5. The Hall–Kier alpha value is -3.36. The summed E-state index contributed by atoms with van der Waals surface area (Å²) in [5.74, 6) is -0.875. The van der Waals surface area contributed by atoms with Crippen LogP contribution in [0.3, 0.4) is 0 Å². The summed E-state index contributed by atoms with van der Waals surface area (Å²) in [6.07, 6.45) is 0.242. The molecule has 33 heavy (non-hydrogen) atoms. The van der Waals surface area contributed by atoms with Crippen LogP contribution in [0.4, 0.5) is 28.4 Å². The van der Waals surface area contributed by atoms with Crippen LogP contribution in [0.25, 0.3) is 9.69 Å². The average molecular weight is 492 g/mol. The molecule has 13 heteroatoms. The summed E-state index contributed by atoms with van der Waals surface area (Å²) in [7, 11) is -8.24. The number of azo groups is 1. The van der Waals surface area contributed by atoms with Crippen molar-refractivity contribution in [2.45, 2.75) is 12.8 Å².